The first-order valence-corrected chi connectivity index (χ1v) is 5.19. The van der Waals surface area contributed by atoms with E-state index in [-0.39, 0.29) is 19.7 Å². The number of halogens is 3. The largest absolute Gasteiger partial charge is 0.465 e. The molecule has 4 nitrogen and oxygen atoms in total. The molecule has 17 heavy (non-hydrogen) atoms. The minimum Gasteiger partial charge on any atom is -0.465 e. The van der Waals surface area contributed by atoms with Crippen molar-refractivity contribution in [3.8, 4) is 6.07 Å². The average molecular weight is 252 g/mol. The minimum absolute atomic E-state index is 0.178. The monoisotopic (exact) mass is 252 g/mol. The molecule has 0 spiro atoms. The summed E-state index contributed by atoms with van der Waals surface area (Å²) in [6, 6.07) is 1.19. The molecular formula is C10H15F3N2O2. The topological polar surface area (TPSA) is 53.3 Å². The number of esters is 1. The molecule has 0 fully saturated rings. The van der Waals surface area contributed by atoms with Crippen molar-refractivity contribution < 1.29 is 22.7 Å². The molecule has 1 unspecified atom stereocenters. The highest BCUT2D eigenvalue weighted by Crippen LogP contribution is 2.26. The maximum Gasteiger partial charge on any atom is 0.405 e. The van der Waals surface area contributed by atoms with Crippen LogP contribution in [0.3, 0.4) is 0 Å². The van der Waals surface area contributed by atoms with Gasteiger partial charge in [-0.15, -0.1) is 0 Å². The summed E-state index contributed by atoms with van der Waals surface area (Å²) in [6.45, 7) is 2.89. The van der Waals surface area contributed by atoms with Crippen LogP contribution in [-0.4, -0.2) is 43.3 Å². The molecule has 0 bridgehead atoms. The van der Waals surface area contributed by atoms with E-state index in [1.807, 2.05) is 0 Å². The summed E-state index contributed by atoms with van der Waals surface area (Å²) < 4.78 is 41.6. The molecule has 0 rings (SSSR count). The van der Waals surface area contributed by atoms with Gasteiger partial charge in [0.2, 0.25) is 0 Å². The van der Waals surface area contributed by atoms with Crippen molar-refractivity contribution >= 4 is 5.97 Å². The number of nitriles is 1. The highest BCUT2D eigenvalue weighted by atomic mass is 19.4. The van der Waals surface area contributed by atoms with Crippen LogP contribution >= 0.6 is 0 Å². The van der Waals surface area contributed by atoms with Crippen LogP contribution in [0.5, 0.6) is 0 Å². The highest BCUT2D eigenvalue weighted by Gasteiger charge is 2.40. The Morgan fingerprint density at radius 2 is 2.06 bits per heavy atom. The predicted molar refractivity (Wildman–Crippen MR) is 53.9 cm³/mol. The Balaban J connectivity index is 4.39. The van der Waals surface area contributed by atoms with Gasteiger partial charge in [-0.25, -0.2) is 0 Å². The summed E-state index contributed by atoms with van der Waals surface area (Å²) in [5, 5.41) is 8.43. The Bertz CT molecular complexity index is 286. The molecular weight excluding hydrogens is 237 g/mol. The molecule has 0 N–H and O–H groups in total. The van der Waals surface area contributed by atoms with Crippen LogP contribution in [0.1, 0.15) is 13.8 Å². The van der Waals surface area contributed by atoms with E-state index in [0.717, 1.165) is 0 Å². The fourth-order valence-corrected chi connectivity index (χ4v) is 1.17. The number of nitrogens with zero attached hydrogens (tertiary/aromatic N) is 2. The van der Waals surface area contributed by atoms with E-state index in [1.54, 1.807) is 13.8 Å². The number of rotatable bonds is 6. The lowest BCUT2D eigenvalue weighted by molar-refractivity contribution is -0.165. The van der Waals surface area contributed by atoms with Crippen molar-refractivity contribution in [1.82, 2.24) is 4.90 Å². The molecule has 0 aromatic carbocycles. The lowest BCUT2D eigenvalue weighted by Gasteiger charge is -2.23. The summed E-state index contributed by atoms with van der Waals surface area (Å²) >= 11 is 0. The minimum atomic E-state index is -4.57. The standard InChI is InChI=1S/C10H15F3N2O2/c1-3-15(7-9(16)17-4-2)6-8(5-14)10(11,12)13/h8H,3-4,6-7H2,1-2H3. The van der Waals surface area contributed by atoms with Crippen LogP contribution in [0.15, 0.2) is 0 Å². The van der Waals surface area contributed by atoms with Gasteiger partial charge in [-0.1, -0.05) is 6.92 Å². The first-order valence-electron chi connectivity index (χ1n) is 5.19. The van der Waals surface area contributed by atoms with E-state index in [0.29, 0.717) is 0 Å². The first-order chi connectivity index (χ1) is 7.85. The number of alkyl halides is 3. The van der Waals surface area contributed by atoms with Crippen molar-refractivity contribution in [3.05, 3.63) is 0 Å². The molecule has 0 aromatic heterocycles. The Hall–Kier alpha value is -1.29. The molecule has 98 valence electrons. The smallest absolute Gasteiger partial charge is 0.405 e. The van der Waals surface area contributed by atoms with Gasteiger partial charge in [-0.2, -0.15) is 18.4 Å². The second-order valence-electron chi connectivity index (χ2n) is 3.36. The van der Waals surface area contributed by atoms with Crippen molar-refractivity contribution in [3.63, 3.8) is 0 Å². The third kappa shape index (κ3) is 6.12. The van der Waals surface area contributed by atoms with E-state index >= 15 is 0 Å². The fourth-order valence-electron chi connectivity index (χ4n) is 1.17. The van der Waals surface area contributed by atoms with E-state index in [2.05, 4.69) is 4.74 Å². The van der Waals surface area contributed by atoms with Gasteiger partial charge in [0.1, 0.15) is 0 Å². The Labute approximate surface area is 97.9 Å². The summed E-state index contributed by atoms with van der Waals surface area (Å²) in [5.41, 5.74) is 0. The van der Waals surface area contributed by atoms with Gasteiger partial charge < -0.3 is 4.74 Å². The second-order valence-corrected chi connectivity index (χ2v) is 3.36. The molecule has 0 aliphatic heterocycles. The number of likely N-dealkylation sites (N-methyl/N-ethyl adjacent to an activating group) is 1. The molecule has 0 aromatic rings. The summed E-state index contributed by atoms with van der Waals surface area (Å²) in [6.07, 6.45) is -4.57. The number of hydrogen-bond donors (Lipinski definition) is 0. The summed E-state index contributed by atoms with van der Waals surface area (Å²) in [7, 11) is 0. The number of ether oxygens (including phenoxy) is 1. The molecule has 0 radical (unpaired) electrons. The van der Waals surface area contributed by atoms with Crippen LogP contribution in [-0.2, 0) is 9.53 Å². The zero-order valence-electron chi connectivity index (χ0n) is 9.75. The molecule has 0 aliphatic carbocycles. The van der Waals surface area contributed by atoms with Gasteiger partial charge in [0.25, 0.3) is 0 Å². The van der Waals surface area contributed by atoms with Crippen LogP contribution < -0.4 is 0 Å². The quantitative estimate of drug-likeness (QED) is 0.673. The zero-order valence-corrected chi connectivity index (χ0v) is 9.75. The second kappa shape index (κ2) is 7.12. The van der Waals surface area contributed by atoms with Crippen LogP contribution in [0.4, 0.5) is 13.2 Å². The molecule has 0 amide bonds. The van der Waals surface area contributed by atoms with Gasteiger partial charge in [0.15, 0.2) is 5.92 Å². The van der Waals surface area contributed by atoms with Crippen molar-refractivity contribution in [2.75, 3.05) is 26.2 Å². The number of carbonyl (C=O) groups is 1. The zero-order chi connectivity index (χ0) is 13.5. The Kier molecular flexibility index (Phi) is 6.58. The molecule has 0 saturated heterocycles. The molecule has 1 atom stereocenters. The van der Waals surface area contributed by atoms with Crippen LogP contribution in [0, 0.1) is 17.2 Å². The lowest BCUT2D eigenvalue weighted by atomic mass is 10.1. The van der Waals surface area contributed by atoms with E-state index in [1.165, 1.54) is 11.0 Å². The SMILES string of the molecule is CCOC(=O)CN(CC)CC(C#N)C(F)(F)F. The van der Waals surface area contributed by atoms with Crippen molar-refractivity contribution in [2.24, 2.45) is 5.92 Å². The van der Waals surface area contributed by atoms with Gasteiger partial charge in [-0.05, 0) is 13.5 Å². The van der Waals surface area contributed by atoms with Gasteiger partial charge in [0.05, 0.1) is 19.2 Å². The van der Waals surface area contributed by atoms with Gasteiger partial charge in [-0.3, -0.25) is 9.69 Å². The van der Waals surface area contributed by atoms with Crippen LogP contribution in [0.25, 0.3) is 0 Å². The highest BCUT2D eigenvalue weighted by molar-refractivity contribution is 5.71. The Morgan fingerprint density at radius 3 is 2.41 bits per heavy atom. The van der Waals surface area contributed by atoms with E-state index < -0.39 is 24.6 Å². The third-order valence-electron chi connectivity index (χ3n) is 2.10. The lowest BCUT2D eigenvalue weighted by Crippen LogP contribution is -2.39. The fraction of sp³-hybridized carbons (Fsp3) is 0.800. The van der Waals surface area contributed by atoms with E-state index in [4.69, 9.17) is 5.26 Å². The van der Waals surface area contributed by atoms with Gasteiger partial charge in [0, 0.05) is 6.54 Å². The maximum absolute atomic E-state index is 12.3. The predicted octanol–water partition coefficient (Wildman–Crippen LogP) is 1.57. The first kappa shape index (κ1) is 15.7. The van der Waals surface area contributed by atoms with Crippen molar-refractivity contribution in [2.45, 2.75) is 20.0 Å². The number of hydrogen-bond acceptors (Lipinski definition) is 4. The molecule has 0 saturated carbocycles. The van der Waals surface area contributed by atoms with E-state index in [9.17, 15) is 18.0 Å². The average Bonchev–Trinajstić information content (AvgIpc) is 2.22. The summed E-state index contributed by atoms with van der Waals surface area (Å²) in [4.78, 5) is 12.3. The normalized spacial score (nSPS) is 13.2. The third-order valence-corrected chi connectivity index (χ3v) is 2.10. The van der Waals surface area contributed by atoms with Crippen molar-refractivity contribution in [1.29, 1.82) is 5.26 Å². The molecule has 0 heterocycles. The van der Waals surface area contributed by atoms with Crippen LogP contribution in [0.2, 0.25) is 0 Å². The molecule has 0 aliphatic rings. The Morgan fingerprint density at radius 1 is 1.47 bits per heavy atom. The number of carbonyl (C=O) groups excluding carboxylic acids is 1. The summed E-state index contributed by atoms with van der Waals surface area (Å²) in [5.74, 6) is -2.68. The maximum atomic E-state index is 12.3. The van der Waals surface area contributed by atoms with Gasteiger partial charge >= 0.3 is 12.1 Å². The molecule has 7 heteroatoms.